The Morgan fingerprint density at radius 3 is 2.00 bits per heavy atom. The average Bonchev–Trinajstić information content (AvgIpc) is 2.73. The van der Waals surface area contributed by atoms with E-state index in [2.05, 4.69) is 133 Å². The number of pyridine rings is 2. The zero-order chi connectivity index (χ0) is 20.4. The third kappa shape index (κ3) is 3.52. The lowest BCUT2D eigenvalue weighted by Crippen LogP contribution is -2.35. The molecule has 29 heavy (non-hydrogen) atoms. The van der Waals surface area contributed by atoms with Crippen LogP contribution < -0.4 is 14.0 Å². The normalized spacial score (nSPS) is 10.8. The van der Waals surface area contributed by atoms with Crippen molar-refractivity contribution in [3.05, 3.63) is 102 Å². The monoisotopic (exact) mass is 381 g/mol. The van der Waals surface area contributed by atoms with E-state index in [-0.39, 0.29) is 0 Å². The molecule has 0 bridgehead atoms. The topological polar surface area (TPSA) is 11.0 Å². The molecule has 0 radical (unpaired) electrons. The highest BCUT2D eigenvalue weighted by Gasteiger charge is 2.28. The van der Waals surface area contributed by atoms with Crippen molar-refractivity contribution < 1.29 is 9.13 Å². The second-order valence-corrected chi connectivity index (χ2v) is 7.44. The summed E-state index contributed by atoms with van der Waals surface area (Å²) in [7, 11) is 4.19. The molecule has 144 valence electrons. The van der Waals surface area contributed by atoms with Gasteiger partial charge in [0.25, 0.3) is 5.82 Å². The molecule has 4 aromatic rings. The van der Waals surface area contributed by atoms with Crippen molar-refractivity contribution in [2.45, 2.75) is 13.8 Å². The van der Waals surface area contributed by atoms with E-state index in [0.717, 1.165) is 5.82 Å². The molecule has 4 rings (SSSR count). The highest BCUT2D eigenvalue weighted by molar-refractivity contribution is 5.81. The third-order valence-electron chi connectivity index (χ3n) is 5.49. The SMILES string of the molecule is Cc1ccccc1N(c1cccc(-c2cccc[n+]2C)c1C)c1cccc[n+]1C. The maximum atomic E-state index is 2.36. The van der Waals surface area contributed by atoms with Crippen LogP contribution in [0, 0.1) is 13.8 Å². The fourth-order valence-corrected chi connectivity index (χ4v) is 3.88. The van der Waals surface area contributed by atoms with Crippen LogP contribution >= 0.6 is 0 Å². The van der Waals surface area contributed by atoms with E-state index in [1.165, 1.54) is 33.8 Å². The zero-order valence-electron chi connectivity index (χ0n) is 17.5. The number of hydrogen-bond acceptors (Lipinski definition) is 1. The molecule has 0 spiro atoms. The van der Waals surface area contributed by atoms with Crippen LogP contribution in [0.5, 0.6) is 0 Å². The summed E-state index contributed by atoms with van der Waals surface area (Å²) >= 11 is 0. The standard InChI is InChI=1S/C26H27N3/c1-20-12-5-6-14-23(20)29(26-17-8-10-19-28(26)4)24-16-11-13-22(21(24)2)25-15-7-9-18-27(25)3/h5-19H,1-4H3/q+2. The number of aromatic nitrogens is 2. The molecule has 2 aromatic heterocycles. The predicted molar refractivity (Wildman–Crippen MR) is 118 cm³/mol. The Balaban J connectivity index is 1.98. The number of nitrogens with zero attached hydrogens (tertiary/aromatic N) is 3. The minimum atomic E-state index is 1.12. The minimum absolute atomic E-state index is 1.12. The summed E-state index contributed by atoms with van der Waals surface area (Å²) in [5, 5.41) is 0. The fraction of sp³-hybridized carbons (Fsp3) is 0.154. The molecule has 3 heteroatoms. The molecule has 0 aliphatic heterocycles. The molecule has 0 saturated heterocycles. The number of rotatable bonds is 4. The van der Waals surface area contributed by atoms with Gasteiger partial charge in [-0.2, -0.15) is 4.90 Å². The van der Waals surface area contributed by atoms with Gasteiger partial charge in [-0.15, -0.1) is 0 Å². The second-order valence-electron chi connectivity index (χ2n) is 7.44. The van der Waals surface area contributed by atoms with Gasteiger partial charge in [-0.25, -0.2) is 9.13 Å². The highest BCUT2D eigenvalue weighted by Crippen LogP contribution is 2.38. The Hall–Kier alpha value is -3.46. The molecule has 0 amide bonds. The lowest BCUT2D eigenvalue weighted by Gasteiger charge is -2.22. The van der Waals surface area contributed by atoms with Crippen molar-refractivity contribution in [1.82, 2.24) is 0 Å². The Morgan fingerprint density at radius 1 is 0.621 bits per heavy atom. The van der Waals surface area contributed by atoms with Crippen LogP contribution in [0.25, 0.3) is 11.3 Å². The van der Waals surface area contributed by atoms with Gasteiger partial charge in [-0.1, -0.05) is 30.3 Å². The quantitative estimate of drug-likeness (QED) is 0.448. The molecule has 0 unspecified atom stereocenters. The van der Waals surface area contributed by atoms with Gasteiger partial charge in [0.05, 0.1) is 18.8 Å². The van der Waals surface area contributed by atoms with Crippen molar-refractivity contribution in [2.24, 2.45) is 14.1 Å². The molecule has 0 N–H and O–H groups in total. The van der Waals surface area contributed by atoms with E-state index in [9.17, 15) is 0 Å². The predicted octanol–water partition coefficient (Wildman–Crippen LogP) is 5.09. The lowest BCUT2D eigenvalue weighted by molar-refractivity contribution is -0.660. The minimum Gasteiger partial charge on any atom is -0.237 e. The Morgan fingerprint density at radius 2 is 1.28 bits per heavy atom. The van der Waals surface area contributed by atoms with Gasteiger partial charge < -0.3 is 0 Å². The van der Waals surface area contributed by atoms with Gasteiger partial charge in [-0.3, -0.25) is 0 Å². The molecule has 3 nitrogen and oxygen atoms in total. The smallest absolute Gasteiger partial charge is 0.237 e. The maximum absolute atomic E-state index is 2.36. The Kier molecular flexibility index (Phi) is 5.13. The fourth-order valence-electron chi connectivity index (χ4n) is 3.88. The molecule has 0 fully saturated rings. The van der Waals surface area contributed by atoms with Crippen molar-refractivity contribution in [2.75, 3.05) is 4.90 Å². The molecule has 2 aromatic carbocycles. The molecule has 0 saturated carbocycles. The van der Waals surface area contributed by atoms with Crippen LogP contribution in [0.4, 0.5) is 17.2 Å². The largest absolute Gasteiger partial charge is 0.286 e. The van der Waals surface area contributed by atoms with Gasteiger partial charge in [0, 0.05) is 23.8 Å². The molecule has 0 atom stereocenters. The van der Waals surface area contributed by atoms with Gasteiger partial charge in [-0.05, 0) is 49.7 Å². The summed E-state index contributed by atoms with van der Waals surface area (Å²) < 4.78 is 4.34. The first-order valence-corrected chi connectivity index (χ1v) is 9.93. The van der Waals surface area contributed by atoms with Crippen LogP contribution in [0.1, 0.15) is 11.1 Å². The van der Waals surface area contributed by atoms with E-state index >= 15 is 0 Å². The number of anilines is 3. The maximum Gasteiger partial charge on any atom is 0.286 e. The van der Waals surface area contributed by atoms with Gasteiger partial charge in [0.1, 0.15) is 18.4 Å². The molecule has 0 aliphatic carbocycles. The van der Waals surface area contributed by atoms with Crippen LogP contribution in [-0.2, 0) is 14.1 Å². The van der Waals surface area contributed by atoms with Gasteiger partial charge >= 0.3 is 0 Å². The highest BCUT2D eigenvalue weighted by atomic mass is 15.2. The summed E-state index contributed by atoms with van der Waals surface area (Å²) in [6.07, 6.45) is 4.19. The van der Waals surface area contributed by atoms with Gasteiger partial charge in [0.2, 0.25) is 5.69 Å². The lowest BCUT2D eigenvalue weighted by atomic mass is 10.0. The van der Waals surface area contributed by atoms with Crippen molar-refractivity contribution in [1.29, 1.82) is 0 Å². The van der Waals surface area contributed by atoms with Crippen molar-refractivity contribution in [3.63, 3.8) is 0 Å². The summed E-state index contributed by atoms with van der Waals surface area (Å²) in [6.45, 7) is 4.38. The Bertz CT molecular complexity index is 1120. The molecular weight excluding hydrogens is 354 g/mol. The number of benzene rings is 2. The summed E-state index contributed by atoms with van der Waals surface area (Å²) in [5.41, 5.74) is 7.30. The van der Waals surface area contributed by atoms with E-state index in [0.29, 0.717) is 0 Å². The molecular formula is C26H27N3+2. The van der Waals surface area contributed by atoms with Crippen molar-refractivity contribution in [3.8, 4) is 11.3 Å². The second kappa shape index (κ2) is 7.88. The summed E-state index contributed by atoms with van der Waals surface area (Å²) in [6, 6.07) is 27.8. The Labute approximate surface area is 173 Å². The first-order chi connectivity index (χ1) is 14.1. The average molecular weight is 382 g/mol. The molecule has 0 aliphatic rings. The third-order valence-corrected chi connectivity index (χ3v) is 5.49. The first kappa shape index (κ1) is 18.9. The first-order valence-electron chi connectivity index (χ1n) is 9.93. The zero-order valence-corrected chi connectivity index (χ0v) is 17.5. The number of para-hydroxylation sites is 1. The van der Waals surface area contributed by atoms with Crippen LogP contribution in [0.2, 0.25) is 0 Å². The summed E-state index contributed by atoms with van der Waals surface area (Å²) in [4.78, 5) is 2.36. The van der Waals surface area contributed by atoms with Crippen molar-refractivity contribution >= 4 is 17.2 Å². The van der Waals surface area contributed by atoms with Crippen LogP contribution in [0.3, 0.4) is 0 Å². The van der Waals surface area contributed by atoms with Crippen LogP contribution in [0.15, 0.2) is 91.3 Å². The van der Waals surface area contributed by atoms with E-state index < -0.39 is 0 Å². The summed E-state index contributed by atoms with van der Waals surface area (Å²) in [5.74, 6) is 1.12. The number of aryl methyl sites for hydroxylation is 3. The number of hydrogen-bond donors (Lipinski definition) is 0. The van der Waals surface area contributed by atoms with E-state index in [1.54, 1.807) is 0 Å². The van der Waals surface area contributed by atoms with E-state index in [4.69, 9.17) is 0 Å². The van der Waals surface area contributed by atoms with Gasteiger partial charge in [0.15, 0.2) is 6.20 Å². The van der Waals surface area contributed by atoms with Crippen LogP contribution in [-0.4, -0.2) is 0 Å². The molecule has 2 heterocycles. The van der Waals surface area contributed by atoms with E-state index in [1.807, 2.05) is 0 Å².